The summed E-state index contributed by atoms with van der Waals surface area (Å²) in [6.07, 6.45) is 6.15. The number of aryl methyl sites for hydroxylation is 1. The molecule has 0 aliphatic heterocycles. The van der Waals surface area contributed by atoms with Crippen LogP contribution in [0.25, 0.3) is 0 Å². The zero-order chi connectivity index (χ0) is 22.9. The van der Waals surface area contributed by atoms with Crippen molar-refractivity contribution in [1.29, 1.82) is 0 Å². The molecule has 0 spiro atoms. The highest BCUT2D eigenvalue weighted by Gasteiger charge is 2.58. The summed E-state index contributed by atoms with van der Waals surface area (Å²) >= 11 is 11.4. The van der Waals surface area contributed by atoms with Gasteiger partial charge in [0.25, 0.3) is 0 Å². The first-order chi connectivity index (χ1) is 14.0. The SMILES string of the molecule is CCC.CCCc1cc(OS)c2c(c1C(C)=O)CC1C2C(C)(CC)C[C@H](C)[C@]1(C)Cl. The number of hydrogen-bond acceptors (Lipinski definition) is 3. The van der Waals surface area contributed by atoms with Crippen LogP contribution in [0.1, 0.15) is 114 Å². The lowest BCUT2D eigenvalue weighted by Gasteiger charge is -2.53. The van der Waals surface area contributed by atoms with Gasteiger partial charge in [0.15, 0.2) is 5.78 Å². The molecule has 2 nitrogen and oxygen atoms in total. The van der Waals surface area contributed by atoms with Gasteiger partial charge in [0, 0.05) is 28.9 Å². The Morgan fingerprint density at radius 1 is 1.27 bits per heavy atom. The molecular formula is C26H41ClO2S. The van der Waals surface area contributed by atoms with Crippen LogP contribution in [-0.4, -0.2) is 10.7 Å². The van der Waals surface area contributed by atoms with Crippen molar-refractivity contribution >= 4 is 30.3 Å². The van der Waals surface area contributed by atoms with Crippen LogP contribution in [0.4, 0.5) is 0 Å². The summed E-state index contributed by atoms with van der Waals surface area (Å²) in [6, 6.07) is 2.06. The summed E-state index contributed by atoms with van der Waals surface area (Å²) in [5, 5.41) is 0. The van der Waals surface area contributed by atoms with Crippen LogP contribution >= 0.6 is 24.5 Å². The van der Waals surface area contributed by atoms with Gasteiger partial charge in [-0.05, 0) is 73.5 Å². The number of halogens is 1. The van der Waals surface area contributed by atoms with Gasteiger partial charge in [0.1, 0.15) is 5.75 Å². The molecule has 2 aliphatic rings. The lowest BCUT2D eigenvalue weighted by molar-refractivity contribution is 0.0517. The van der Waals surface area contributed by atoms with Crippen LogP contribution in [0.3, 0.4) is 0 Å². The fraction of sp³-hybridized carbons (Fsp3) is 0.731. The monoisotopic (exact) mass is 452 g/mol. The van der Waals surface area contributed by atoms with E-state index >= 15 is 0 Å². The Labute approximate surface area is 195 Å². The molecule has 0 bridgehead atoms. The van der Waals surface area contributed by atoms with Gasteiger partial charge in [0.05, 0.1) is 0 Å². The number of thiol groups is 1. The predicted molar refractivity (Wildman–Crippen MR) is 132 cm³/mol. The number of Topliss-reactive ketones (excluding diaryl/α,β-unsaturated/α-hetero) is 1. The van der Waals surface area contributed by atoms with Gasteiger partial charge >= 0.3 is 0 Å². The average molecular weight is 453 g/mol. The lowest BCUT2D eigenvalue weighted by atomic mass is 9.55. The molecule has 3 unspecified atom stereocenters. The summed E-state index contributed by atoms with van der Waals surface area (Å²) in [5.41, 5.74) is 4.52. The molecular weight excluding hydrogens is 412 g/mol. The van der Waals surface area contributed by atoms with Crippen molar-refractivity contribution < 1.29 is 8.98 Å². The quantitative estimate of drug-likeness (QED) is 0.211. The number of carbonyl (C=O) groups is 1. The molecule has 0 amide bonds. The fourth-order valence-electron chi connectivity index (χ4n) is 5.97. The van der Waals surface area contributed by atoms with E-state index in [1.165, 1.54) is 17.5 Å². The van der Waals surface area contributed by atoms with Crippen LogP contribution < -0.4 is 4.18 Å². The van der Waals surface area contributed by atoms with Gasteiger partial charge in [0.2, 0.25) is 0 Å². The highest BCUT2D eigenvalue weighted by atomic mass is 35.5. The number of benzene rings is 1. The third-order valence-corrected chi connectivity index (χ3v) is 8.50. The average Bonchev–Trinajstić information content (AvgIpc) is 3.09. The molecule has 1 aromatic rings. The van der Waals surface area contributed by atoms with Crippen molar-refractivity contribution in [2.24, 2.45) is 17.3 Å². The van der Waals surface area contributed by atoms with Crippen molar-refractivity contribution in [2.75, 3.05) is 0 Å². The van der Waals surface area contributed by atoms with Crippen LogP contribution in [-0.2, 0) is 12.8 Å². The first-order valence-corrected chi connectivity index (χ1v) is 12.5. The fourth-order valence-corrected chi connectivity index (χ4v) is 6.40. The third-order valence-electron chi connectivity index (χ3n) is 7.65. The number of fused-ring (bicyclic) bond motifs is 3. The van der Waals surface area contributed by atoms with E-state index in [1.54, 1.807) is 6.92 Å². The Hall–Kier alpha value is -0.670. The Morgan fingerprint density at radius 3 is 2.33 bits per heavy atom. The minimum absolute atomic E-state index is 0.144. The second kappa shape index (κ2) is 9.86. The van der Waals surface area contributed by atoms with Gasteiger partial charge in [-0.15, -0.1) is 11.6 Å². The summed E-state index contributed by atoms with van der Waals surface area (Å²) in [6.45, 7) is 17.2. The Kier molecular flexibility index (Phi) is 8.41. The molecule has 2 aliphatic carbocycles. The van der Waals surface area contributed by atoms with E-state index in [0.717, 1.165) is 49.0 Å². The predicted octanol–water partition coefficient (Wildman–Crippen LogP) is 8.19. The molecule has 30 heavy (non-hydrogen) atoms. The zero-order valence-electron chi connectivity index (χ0n) is 20.2. The van der Waals surface area contributed by atoms with Crippen molar-refractivity contribution in [3.63, 3.8) is 0 Å². The van der Waals surface area contributed by atoms with Crippen LogP contribution in [0.15, 0.2) is 6.07 Å². The molecule has 3 rings (SSSR count). The minimum atomic E-state index is -0.286. The standard InChI is InChI=1S/C23H33ClO2S.C3H8/c1-7-9-15-10-18(26-27)20-16(19(15)14(4)25)11-17-21(20)22(5,8-2)12-13(3)23(17,6)24;1-3-2/h10,13,17,21,27H,7-9,11-12H2,1-6H3;3H2,1-2H3/t13-,17?,21?,22?,23-;/m0./s1. The number of rotatable bonds is 5. The molecule has 0 N–H and O–H groups in total. The maximum Gasteiger partial charge on any atom is 0.160 e. The van der Waals surface area contributed by atoms with Crippen molar-refractivity contribution in [1.82, 2.24) is 0 Å². The third kappa shape index (κ3) is 4.31. The van der Waals surface area contributed by atoms with Gasteiger partial charge < -0.3 is 4.18 Å². The van der Waals surface area contributed by atoms with Gasteiger partial charge in [-0.1, -0.05) is 60.8 Å². The van der Waals surface area contributed by atoms with E-state index in [0.29, 0.717) is 17.8 Å². The van der Waals surface area contributed by atoms with Crippen molar-refractivity contribution in [3.8, 4) is 5.75 Å². The van der Waals surface area contributed by atoms with Crippen molar-refractivity contribution in [2.45, 2.75) is 105 Å². The first kappa shape index (κ1) is 25.6. The number of carbonyl (C=O) groups excluding carboxylic acids is 1. The smallest absolute Gasteiger partial charge is 0.160 e. The molecule has 1 saturated carbocycles. The van der Waals surface area contributed by atoms with E-state index in [2.05, 4.69) is 67.4 Å². The van der Waals surface area contributed by atoms with Crippen LogP contribution in [0.2, 0.25) is 0 Å². The van der Waals surface area contributed by atoms with Gasteiger partial charge in [-0.3, -0.25) is 4.79 Å². The summed E-state index contributed by atoms with van der Waals surface area (Å²) in [7, 11) is 0. The second-order valence-corrected chi connectivity index (χ2v) is 11.0. The summed E-state index contributed by atoms with van der Waals surface area (Å²) in [5.74, 6) is 2.01. The molecule has 170 valence electrons. The van der Waals surface area contributed by atoms with Crippen LogP contribution in [0, 0.1) is 17.3 Å². The Bertz CT molecular complexity index is 773. The van der Waals surface area contributed by atoms with E-state index in [4.69, 9.17) is 15.8 Å². The van der Waals surface area contributed by atoms with E-state index in [-0.39, 0.29) is 16.1 Å². The molecule has 1 fully saturated rings. The van der Waals surface area contributed by atoms with E-state index < -0.39 is 0 Å². The first-order valence-electron chi connectivity index (χ1n) is 11.7. The molecule has 4 heteroatoms. The van der Waals surface area contributed by atoms with E-state index in [9.17, 15) is 4.79 Å². The van der Waals surface area contributed by atoms with Gasteiger partial charge in [-0.2, -0.15) is 0 Å². The number of alkyl halides is 1. The summed E-state index contributed by atoms with van der Waals surface area (Å²) in [4.78, 5) is 12.4. The second-order valence-electron chi connectivity index (χ2n) is 9.96. The van der Waals surface area contributed by atoms with Crippen molar-refractivity contribution in [3.05, 3.63) is 28.3 Å². The molecule has 0 aromatic heterocycles. The maximum absolute atomic E-state index is 12.7. The number of ketones is 1. The molecule has 1 aromatic carbocycles. The normalized spacial score (nSPS) is 32.0. The topological polar surface area (TPSA) is 26.3 Å². The highest BCUT2D eigenvalue weighted by molar-refractivity contribution is 7.75. The lowest BCUT2D eigenvalue weighted by Crippen LogP contribution is -2.49. The molecule has 0 radical (unpaired) electrons. The van der Waals surface area contributed by atoms with Crippen LogP contribution in [0.5, 0.6) is 5.75 Å². The summed E-state index contributed by atoms with van der Waals surface area (Å²) < 4.78 is 5.60. The molecule has 0 saturated heterocycles. The van der Waals surface area contributed by atoms with Gasteiger partial charge in [-0.25, -0.2) is 0 Å². The Morgan fingerprint density at radius 2 is 1.87 bits per heavy atom. The van der Waals surface area contributed by atoms with E-state index in [1.807, 2.05) is 0 Å². The Balaban J connectivity index is 0.00000101. The molecule has 0 heterocycles. The minimum Gasteiger partial charge on any atom is -0.429 e. The molecule has 5 atom stereocenters. The zero-order valence-corrected chi connectivity index (χ0v) is 21.8. The highest BCUT2D eigenvalue weighted by Crippen LogP contribution is 2.65. The maximum atomic E-state index is 12.7. The number of hydrogen-bond donors (Lipinski definition) is 1. The largest absolute Gasteiger partial charge is 0.429 e.